The molecule has 0 saturated heterocycles. The Bertz CT molecular complexity index is 719. The molecule has 98 valence electrons. The Morgan fingerprint density at radius 2 is 1.84 bits per heavy atom. The van der Waals surface area contributed by atoms with Crippen LogP contribution in [0.4, 0.5) is 5.82 Å². The molecule has 0 fully saturated rings. The van der Waals surface area contributed by atoms with E-state index in [1.807, 2.05) is 19.1 Å². The second kappa shape index (κ2) is 4.05. The van der Waals surface area contributed by atoms with Gasteiger partial charge in [0, 0.05) is 13.1 Å². The molecule has 0 spiro atoms. The first-order valence-electron chi connectivity index (χ1n) is 5.93. The molecule has 0 bridgehead atoms. The molecule has 3 rings (SSSR count). The summed E-state index contributed by atoms with van der Waals surface area (Å²) in [5.41, 5.74) is 8.42. The Hall–Kier alpha value is -2.43. The predicted molar refractivity (Wildman–Crippen MR) is 72.4 cm³/mol. The fourth-order valence-electron chi connectivity index (χ4n) is 2.17. The van der Waals surface area contributed by atoms with Crippen LogP contribution in [0, 0.1) is 6.92 Å². The molecule has 2 heterocycles. The summed E-state index contributed by atoms with van der Waals surface area (Å²) in [6.45, 7) is 2.20. The van der Waals surface area contributed by atoms with Crippen molar-refractivity contribution in [2.45, 2.75) is 6.92 Å². The average Bonchev–Trinajstić information content (AvgIpc) is 2.81. The molecular formula is C14H14N2O3. The molecule has 0 amide bonds. The molecule has 0 aliphatic carbocycles. The summed E-state index contributed by atoms with van der Waals surface area (Å²) in [4.78, 5) is 11.8. The van der Waals surface area contributed by atoms with Crippen LogP contribution in [0.2, 0.25) is 0 Å². The SMILES string of the molecule is Cc1cc2c(cc1-c1cc(N)n(C)c(=O)c1)OCO2. The quantitative estimate of drug-likeness (QED) is 0.845. The highest BCUT2D eigenvalue weighted by atomic mass is 16.7. The van der Waals surface area contributed by atoms with Crippen LogP contribution < -0.4 is 20.8 Å². The van der Waals surface area contributed by atoms with E-state index < -0.39 is 0 Å². The van der Waals surface area contributed by atoms with Gasteiger partial charge in [-0.2, -0.15) is 0 Å². The minimum atomic E-state index is -0.132. The summed E-state index contributed by atoms with van der Waals surface area (Å²) in [6.07, 6.45) is 0. The number of fused-ring (bicyclic) bond motifs is 1. The molecule has 1 aliphatic heterocycles. The lowest BCUT2D eigenvalue weighted by molar-refractivity contribution is 0.174. The number of nitrogen functional groups attached to an aromatic ring is 1. The van der Waals surface area contributed by atoms with Gasteiger partial charge >= 0.3 is 0 Å². The highest BCUT2D eigenvalue weighted by Gasteiger charge is 2.17. The number of aromatic nitrogens is 1. The molecule has 1 aromatic carbocycles. The van der Waals surface area contributed by atoms with Crippen LogP contribution in [-0.4, -0.2) is 11.4 Å². The van der Waals surface area contributed by atoms with Crippen LogP contribution in [0.25, 0.3) is 11.1 Å². The van der Waals surface area contributed by atoms with Crippen LogP contribution in [0.5, 0.6) is 11.5 Å². The first-order chi connectivity index (χ1) is 9.06. The number of aryl methyl sites for hydroxylation is 1. The molecule has 2 N–H and O–H groups in total. The highest BCUT2D eigenvalue weighted by Crippen LogP contribution is 2.38. The Kier molecular flexibility index (Phi) is 2.48. The van der Waals surface area contributed by atoms with Crippen molar-refractivity contribution >= 4 is 5.82 Å². The van der Waals surface area contributed by atoms with Crippen LogP contribution in [-0.2, 0) is 7.05 Å². The summed E-state index contributed by atoms with van der Waals surface area (Å²) >= 11 is 0. The Labute approximate surface area is 110 Å². The average molecular weight is 258 g/mol. The topological polar surface area (TPSA) is 66.5 Å². The first-order valence-corrected chi connectivity index (χ1v) is 5.93. The molecule has 0 unspecified atom stereocenters. The van der Waals surface area contributed by atoms with E-state index in [-0.39, 0.29) is 12.4 Å². The summed E-state index contributed by atoms with van der Waals surface area (Å²) in [5.74, 6) is 1.86. The third kappa shape index (κ3) is 1.83. The van der Waals surface area contributed by atoms with Crippen molar-refractivity contribution in [2.75, 3.05) is 12.5 Å². The largest absolute Gasteiger partial charge is 0.454 e. The van der Waals surface area contributed by atoms with Crippen LogP contribution in [0.15, 0.2) is 29.1 Å². The zero-order valence-electron chi connectivity index (χ0n) is 10.8. The van der Waals surface area contributed by atoms with E-state index in [1.54, 1.807) is 19.2 Å². The number of nitrogens with two attached hydrogens (primary N) is 1. The zero-order chi connectivity index (χ0) is 13.6. The predicted octanol–water partition coefficient (Wildman–Crippen LogP) is 1.67. The van der Waals surface area contributed by atoms with Gasteiger partial charge in [0.25, 0.3) is 5.56 Å². The molecule has 0 radical (unpaired) electrons. The lowest BCUT2D eigenvalue weighted by Gasteiger charge is -2.10. The molecule has 1 aliphatic rings. The van der Waals surface area contributed by atoms with Gasteiger partial charge in [0.05, 0.1) is 0 Å². The third-order valence-corrected chi connectivity index (χ3v) is 3.33. The lowest BCUT2D eigenvalue weighted by atomic mass is 10.0. The van der Waals surface area contributed by atoms with Gasteiger partial charge in [0.15, 0.2) is 11.5 Å². The first kappa shape index (κ1) is 11.6. The standard InChI is InChI=1S/C14H14N2O3/c1-8-3-11-12(19-7-18-11)6-10(8)9-4-13(15)16(2)14(17)5-9/h3-6H,7,15H2,1-2H3. The van der Waals surface area contributed by atoms with Crippen LogP contribution in [0.3, 0.4) is 0 Å². The normalized spacial score (nSPS) is 12.7. The molecule has 2 aromatic rings. The van der Waals surface area contributed by atoms with E-state index in [0.29, 0.717) is 11.6 Å². The van der Waals surface area contributed by atoms with Crippen molar-refractivity contribution in [3.8, 4) is 22.6 Å². The number of hydrogen-bond donors (Lipinski definition) is 1. The third-order valence-electron chi connectivity index (χ3n) is 3.33. The summed E-state index contributed by atoms with van der Waals surface area (Å²) in [5, 5.41) is 0. The number of rotatable bonds is 1. The highest BCUT2D eigenvalue weighted by molar-refractivity contribution is 5.72. The fraction of sp³-hybridized carbons (Fsp3) is 0.214. The monoisotopic (exact) mass is 258 g/mol. The van der Waals surface area contributed by atoms with Gasteiger partial charge in [0.2, 0.25) is 6.79 Å². The van der Waals surface area contributed by atoms with Crippen LogP contribution >= 0.6 is 0 Å². The molecule has 19 heavy (non-hydrogen) atoms. The number of anilines is 1. The lowest BCUT2D eigenvalue weighted by Crippen LogP contribution is -2.18. The smallest absolute Gasteiger partial charge is 0.252 e. The van der Waals surface area contributed by atoms with Gasteiger partial charge in [-0.15, -0.1) is 0 Å². The maximum Gasteiger partial charge on any atom is 0.252 e. The summed E-state index contributed by atoms with van der Waals surface area (Å²) < 4.78 is 12.1. The van der Waals surface area contributed by atoms with Gasteiger partial charge < -0.3 is 15.2 Å². The Balaban J connectivity index is 2.20. The van der Waals surface area contributed by atoms with Crippen molar-refractivity contribution < 1.29 is 9.47 Å². The van der Waals surface area contributed by atoms with E-state index >= 15 is 0 Å². The maximum absolute atomic E-state index is 11.8. The number of nitrogens with zero attached hydrogens (tertiary/aromatic N) is 1. The number of ether oxygens (including phenoxy) is 2. The van der Waals surface area contributed by atoms with E-state index in [9.17, 15) is 4.79 Å². The minimum Gasteiger partial charge on any atom is -0.454 e. The van der Waals surface area contributed by atoms with Crippen molar-refractivity contribution in [2.24, 2.45) is 7.05 Å². The van der Waals surface area contributed by atoms with Gasteiger partial charge in [-0.05, 0) is 41.8 Å². The van der Waals surface area contributed by atoms with Crippen molar-refractivity contribution in [1.82, 2.24) is 4.57 Å². The van der Waals surface area contributed by atoms with Crippen molar-refractivity contribution in [3.63, 3.8) is 0 Å². The van der Waals surface area contributed by atoms with Crippen molar-refractivity contribution in [1.29, 1.82) is 0 Å². The number of pyridine rings is 1. The molecule has 0 saturated carbocycles. The maximum atomic E-state index is 11.8. The van der Waals surface area contributed by atoms with E-state index in [2.05, 4.69) is 0 Å². The Morgan fingerprint density at radius 3 is 2.53 bits per heavy atom. The second-order valence-corrected chi connectivity index (χ2v) is 4.59. The minimum absolute atomic E-state index is 0.132. The molecule has 0 atom stereocenters. The number of hydrogen-bond acceptors (Lipinski definition) is 4. The zero-order valence-corrected chi connectivity index (χ0v) is 10.8. The molecular weight excluding hydrogens is 244 g/mol. The fourth-order valence-corrected chi connectivity index (χ4v) is 2.17. The van der Waals surface area contributed by atoms with E-state index in [4.69, 9.17) is 15.2 Å². The van der Waals surface area contributed by atoms with Gasteiger partial charge in [-0.1, -0.05) is 0 Å². The van der Waals surface area contributed by atoms with Crippen molar-refractivity contribution in [3.05, 3.63) is 40.2 Å². The summed E-state index contributed by atoms with van der Waals surface area (Å²) in [7, 11) is 1.65. The number of benzene rings is 1. The van der Waals surface area contributed by atoms with Gasteiger partial charge in [-0.3, -0.25) is 9.36 Å². The molecule has 5 heteroatoms. The molecule has 5 nitrogen and oxygen atoms in total. The van der Waals surface area contributed by atoms with Gasteiger partial charge in [0.1, 0.15) is 5.82 Å². The molecule has 1 aromatic heterocycles. The van der Waals surface area contributed by atoms with E-state index in [1.165, 1.54) is 4.57 Å². The summed E-state index contributed by atoms with van der Waals surface area (Å²) in [6, 6.07) is 7.14. The van der Waals surface area contributed by atoms with Crippen LogP contribution in [0.1, 0.15) is 5.56 Å². The Morgan fingerprint density at radius 1 is 1.16 bits per heavy atom. The second-order valence-electron chi connectivity index (χ2n) is 4.59. The van der Waals surface area contributed by atoms with E-state index in [0.717, 1.165) is 22.4 Å². The van der Waals surface area contributed by atoms with Gasteiger partial charge in [-0.25, -0.2) is 0 Å².